The number of hydrogen-bond donors (Lipinski definition) is 3. The van der Waals surface area contributed by atoms with Crippen LogP contribution in [-0.4, -0.2) is 25.5 Å². The van der Waals surface area contributed by atoms with Crippen LogP contribution in [0.4, 0.5) is 11.4 Å². The third-order valence-corrected chi connectivity index (χ3v) is 2.81. The van der Waals surface area contributed by atoms with Gasteiger partial charge in [-0.05, 0) is 36.4 Å². The van der Waals surface area contributed by atoms with Crippen molar-refractivity contribution < 1.29 is 9.53 Å². The number of halogens is 1. The molecule has 0 aliphatic heterocycles. The molecule has 0 saturated heterocycles. The second-order valence-corrected chi connectivity index (χ2v) is 4.47. The molecule has 0 atom stereocenters. The highest BCUT2D eigenvalue weighted by molar-refractivity contribution is 14.0. The number of rotatable bonds is 5. The summed E-state index contributed by atoms with van der Waals surface area (Å²) in [4.78, 5) is 15.7. The summed E-state index contributed by atoms with van der Waals surface area (Å²) >= 11 is 0. The maximum absolute atomic E-state index is 11.7. The van der Waals surface area contributed by atoms with Crippen molar-refractivity contribution in [2.24, 2.45) is 10.7 Å². The van der Waals surface area contributed by atoms with Crippen LogP contribution in [0.25, 0.3) is 0 Å². The number of para-hydroxylation sites is 1. The van der Waals surface area contributed by atoms with E-state index in [0.717, 1.165) is 17.1 Å². The van der Waals surface area contributed by atoms with E-state index in [0.29, 0.717) is 0 Å². The first-order valence-electron chi connectivity index (χ1n) is 6.73. The van der Waals surface area contributed by atoms with Gasteiger partial charge in [-0.1, -0.05) is 18.2 Å². The third-order valence-electron chi connectivity index (χ3n) is 2.81. The van der Waals surface area contributed by atoms with Crippen LogP contribution >= 0.6 is 24.0 Å². The minimum Gasteiger partial charge on any atom is -0.497 e. The highest BCUT2D eigenvalue weighted by Crippen LogP contribution is 2.14. The Morgan fingerprint density at radius 1 is 1.04 bits per heavy atom. The maximum atomic E-state index is 11.7. The molecular formula is C16H19IN4O2. The van der Waals surface area contributed by atoms with Gasteiger partial charge in [-0.3, -0.25) is 4.79 Å². The van der Waals surface area contributed by atoms with Gasteiger partial charge in [0, 0.05) is 11.4 Å². The summed E-state index contributed by atoms with van der Waals surface area (Å²) in [6.45, 7) is -0.0517. The van der Waals surface area contributed by atoms with Crippen LogP contribution in [0.5, 0.6) is 5.75 Å². The molecule has 1 amide bonds. The summed E-state index contributed by atoms with van der Waals surface area (Å²) < 4.78 is 5.07. The van der Waals surface area contributed by atoms with Crippen LogP contribution in [-0.2, 0) is 4.79 Å². The average Bonchev–Trinajstić information content (AvgIpc) is 2.55. The van der Waals surface area contributed by atoms with Gasteiger partial charge in [0.15, 0.2) is 5.96 Å². The number of nitrogens with one attached hydrogen (secondary N) is 2. The molecule has 0 bridgehead atoms. The fraction of sp³-hybridized carbons (Fsp3) is 0.125. The van der Waals surface area contributed by atoms with E-state index in [1.54, 1.807) is 31.4 Å². The Balaban J connectivity index is 0.00000264. The molecule has 2 aromatic carbocycles. The molecule has 0 heterocycles. The minimum absolute atomic E-state index is 0. The molecule has 122 valence electrons. The Bertz CT molecular complexity index is 645. The zero-order valence-electron chi connectivity index (χ0n) is 12.7. The van der Waals surface area contributed by atoms with Gasteiger partial charge in [0.05, 0.1) is 7.11 Å². The van der Waals surface area contributed by atoms with Crippen molar-refractivity contribution in [3.63, 3.8) is 0 Å². The molecule has 2 aromatic rings. The van der Waals surface area contributed by atoms with E-state index in [4.69, 9.17) is 10.5 Å². The highest BCUT2D eigenvalue weighted by atomic mass is 127. The predicted octanol–water partition coefficient (Wildman–Crippen LogP) is 2.68. The topological polar surface area (TPSA) is 88.7 Å². The van der Waals surface area contributed by atoms with Gasteiger partial charge in [0.2, 0.25) is 5.91 Å². The number of hydrogen-bond acceptors (Lipinski definition) is 3. The van der Waals surface area contributed by atoms with Gasteiger partial charge in [-0.25, -0.2) is 4.99 Å². The second kappa shape index (κ2) is 9.67. The molecule has 0 saturated carbocycles. The van der Waals surface area contributed by atoms with E-state index in [1.165, 1.54) is 0 Å². The molecule has 0 unspecified atom stereocenters. The quantitative estimate of drug-likeness (QED) is 0.390. The van der Waals surface area contributed by atoms with Gasteiger partial charge in [0.1, 0.15) is 12.3 Å². The number of anilines is 2. The number of nitrogens with two attached hydrogens (primary N) is 1. The largest absolute Gasteiger partial charge is 0.497 e. The van der Waals surface area contributed by atoms with Crippen LogP contribution in [0.1, 0.15) is 0 Å². The first kappa shape index (κ1) is 18.8. The Kier molecular flexibility index (Phi) is 7.89. The van der Waals surface area contributed by atoms with E-state index in [1.807, 2.05) is 30.3 Å². The Hall–Kier alpha value is -2.29. The van der Waals surface area contributed by atoms with Crippen molar-refractivity contribution in [3.8, 4) is 5.75 Å². The van der Waals surface area contributed by atoms with Gasteiger partial charge < -0.3 is 21.1 Å². The number of nitrogens with zero attached hydrogens (tertiary/aromatic N) is 1. The Morgan fingerprint density at radius 2 is 1.65 bits per heavy atom. The molecule has 2 rings (SSSR count). The molecular weight excluding hydrogens is 407 g/mol. The number of guanidine groups is 1. The van der Waals surface area contributed by atoms with Crippen LogP contribution in [0.15, 0.2) is 59.6 Å². The lowest BCUT2D eigenvalue weighted by Gasteiger charge is -2.07. The van der Waals surface area contributed by atoms with Gasteiger partial charge >= 0.3 is 0 Å². The zero-order valence-corrected chi connectivity index (χ0v) is 15.0. The predicted molar refractivity (Wildman–Crippen MR) is 104 cm³/mol. The van der Waals surface area contributed by atoms with E-state index in [2.05, 4.69) is 15.6 Å². The number of methoxy groups -OCH3 is 1. The molecule has 0 radical (unpaired) electrons. The number of carbonyl (C=O) groups excluding carboxylic acids is 1. The van der Waals surface area contributed by atoms with Gasteiger partial charge in [-0.2, -0.15) is 0 Å². The van der Waals surface area contributed by atoms with Crippen molar-refractivity contribution >= 4 is 47.2 Å². The molecule has 0 aliphatic rings. The van der Waals surface area contributed by atoms with Gasteiger partial charge in [-0.15, -0.1) is 24.0 Å². The normalized spacial score (nSPS) is 10.4. The summed E-state index contributed by atoms with van der Waals surface area (Å²) in [5, 5.41) is 5.63. The molecule has 0 aromatic heterocycles. The van der Waals surface area contributed by atoms with Crippen LogP contribution in [0.2, 0.25) is 0 Å². The fourth-order valence-corrected chi connectivity index (χ4v) is 1.74. The van der Waals surface area contributed by atoms with Gasteiger partial charge in [0.25, 0.3) is 0 Å². The van der Waals surface area contributed by atoms with Crippen LogP contribution < -0.4 is 21.1 Å². The highest BCUT2D eigenvalue weighted by Gasteiger charge is 2.01. The minimum atomic E-state index is -0.231. The summed E-state index contributed by atoms with van der Waals surface area (Å²) in [6.07, 6.45) is 0. The molecule has 0 spiro atoms. The van der Waals surface area contributed by atoms with Crippen molar-refractivity contribution in [2.45, 2.75) is 0 Å². The first-order valence-corrected chi connectivity index (χ1v) is 6.73. The number of aliphatic imine (C=N–C) groups is 1. The molecule has 0 fully saturated rings. The number of benzene rings is 2. The van der Waals surface area contributed by atoms with Crippen molar-refractivity contribution in [2.75, 3.05) is 24.3 Å². The molecule has 4 N–H and O–H groups in total. The molecule has 0 aliphatic carbocycles. The maximum Gasteiger partial charge on any atom is 0.246 e. The molecule has 7 heteroatoms. The lowest BCUT2D eigenvalue weighted by Crippen LogP contribution is -2.25. The van der Waals surface area contributed by atoms with E-state index >= 15 is 0 Å². The smallest absolute Gasteiger partial charge is 0.246 e. The summed E-state index contributed by atoms with van der Waals surface area (Å²) in [5.74, 6) is 0.697. The van der Waals surface area contributed by atoms with E-state index < -0.39 is 0 Å². The summed E-state index contributed by atoms with van der Waals surface area (Å²) in [5.41, 5.74) is 7.24. The van der Waals surface area contributed by atoms with E-state index in [-0.39, 0.29) is 42.4 Å². The Morgan fingerprint density at radius 3 is 2.26 bits per heavy atom. The molecule has 6 nitrogen and oxygen atoms in total. The molecule has 23 heavy (non-hydrogen) atoms. The lowest BCUT2D eigenvalue weighted by atomic mass is 10.3. The Labute approximate surface area is 152 Å². The monoisotopic (exact) mass is 426 g/mol. The summed E-state index contributed by atoms with van der Waals surface area (Å²) in [7, 11) is 1.60. The number of ether oxygens (including phenoxy) is 1. The van der Waals surface area contributed by atoms with Crippen molar-refractivity contribution in [3.05, 3.63) is 54.6 Å². The SMILES string of the molecule is COc1ccc(NC(N)=NCC(=O)Nc2ccccc2)cc1.I. The second-order valence-electron chi connectivity index (χ2n) is 4.47. The van der Waals surface area contributed by atoms with E-state index in [9.17, 15) is 4.79 Å². The lowest BCUT2D eigenvalue weighted by molar-refractivity contribution is -0.114. The van der Waals surface area contributed by atoms with Crippen LogP contribution in [0, 0.1) is 0 Å². The number of amides is 1. The van der Waals surface area contributed by atoms with Crippen molar-refractivity contribution in [1.82, 2.24) is 0 Å². The third kappa shape index (κ3) is 6.55. The fourth-order valence-electron chi connectivity index (χ4n) is 1.74. The summed E-state index contributed by atoms with van der Waals surface area (Å²) in [6, 6.07) is 16.4. The number of carbonyl (C=O) groups is 1. The van der Waals surface area contributed by atoms with Crippen LogP contribution in [0.3, 0.4) is 0 Å². The zero-order chi connectivity index (χ0) is 15.8. The standard InChI is InChI=1S/C16H18N4O2.HI/c1-22-14-9-7-13(8-10-14)20-16(17)18-11-15(21)19-12-5-3-2-4-6-12;/h2-10H,11H2,1H3,(H,19,21)(H3,17,18,20);1H. The average molecular weight is 426 g/mol. The van der Waals surface area contributed by atoms with Crippen molar-refractivity contribution in [1.29, 1.82) is 0 Å². The first-order chi connectivity index (χ1) is 10.7.